The van der Waals surface area contributed by atoms with Gasteiger partial charge in [0, 0.05) is 21.9 Å². The molecule has 1 aromatic heterocycles. The Morgan fingerprint density at radius 1 is 1.26 bits per heavy atom. The van der Waals surface area contributed by atoms with E-state index in [0.29, 0.717) is 5.75 Å². The number of rotatable bonds is 4. The lowest BCUT2D eigenvalue weighted by Crippen LogP contribution is -2.08. The smallest absolute Gasteiger partial charge is 0.144 e. The topological polar surface area (TPSA) is 21.3 Å². The molecule has 0 aliphatic carbocycles. The van der Waals surface area contributed by atoms with Crippen LogP contribution in [0.1, 0.15) is 28.3 Å². The van der Waals surface area contributed by atoms with Crippen LogP contribution in [0.25, 0.3) is 0 Å². The van der Waals surface area contributed by atoms with Crippen molar-refractivity contribution in [2.24, 2.45) is 0 Å². The van der Waals surface area contributed by atoms with Crippen LogP contribution in [0, 0.1) is 19.7 Å². The number of halogens is 1. The summed E-state index contributed by atoms with van der Waals surface area (Å²) in [5.41, 5.74) is 2.08. The average Bonchev–Trinajstić information content (AvgIpc) is 2.70. The molecule has 0 saturated heterocycles. The summed E-state index contributed by atoms with van der Waals surface area (Å²) in [7, 11) is 1.55. The predicted molar refractivity (Wildman–Crippen MR) is 78.8 cm³/mol. The van der Waals surface area contributed by atoms with E-state index in [1.807, 2.05) is 0 Å². The standard InChI is InChI=1S/C15H18FNOS/c1-9-7-13(11(3)19-9)10(2)17-14-6-5-12(16)8-15(14)18-4/h5-8,10,17H,1-4H3. The first kappa shape index (κ1) is 13.9. The summed E-state index contributed by atoms with van der Waals surface area (Å²) in [5, 5.41) is 3.37. The SMILES string of the molecule is COc1cc(F)ccc1NC(C)c1cc(C)sc1C. The summed E-state index contributed by atoms with van der Waals surface area (Å²) in [4.78, 5) is 2.60. The molecule has 19 heavy (non-hydrogen) atoms. The first-order valence-corrected chi connectivity index (χ1v) is 7.00. The van der Waals surface area contributed by atoms with Gasteiger partial charge < -0.3 is 10.1 Å². The molecule has 0 bridgehead atoms. The van der Waals surface area contributed by atoms with Crippen molar-refractivity contribution in [2.45, 2.75) is 26.8 Å². The number of benzene rings is 1. The monoisotopic (exact) mass is 279 g/mol. The van der Waals surface area contributed by atoms with Crippen LogP contribution in [0.2, 0.25) is 0 Å². The fraction of sp³-hybridized carbons (Fsp3) is 0.333. The summed E-state index contributed by atoms with van der Waals surface area (Å²) < 4.78 is 18.4. The first-order valence-electron chi connectivity index (χ1n) is 6.18. The number of methoxy groups -OCH3 is 1. The van der Waals surface area contributed by atoms with Gasteiger partial charge in [0.15, 0.2) is 0 Å². The zero-order valence-corrected chi connectivity index (χ0v) is 12.4. The second kappa shape index (κ2) is 5.61. The zero-order valence-electron chi connectivity index (χ0n) is 11.6. The Morgan fingerprint density at radius 3 is 2.58 bits per heavy atom. The van der Waals surface area contributed by atoms with Gasteiger partial charge in [0.05, 0.1) is 12.8 Å². The fourth-order valence-electron chi connectivity index (χ4n) is 2.18. The Kier molecular flexibility index (Phi) is 4.10. The summed E-state index contributed by atoms with van der Waals surface area (Å²) >= 11 is 1.79. The maximum absolute atomic E-state index is 13.2. The second-order valence-corrected chi connectivity index (χ2v) is 6.04. The van der Waals surface area contributed by atoms with E-state index in [1.165, 1.54) is 27.5 Å². The van der Waals surface area contributed by atoms with Crippen molar-refractivity contribution in [1.82, 2.24) is 0 Å². The van der Waals surface area contributed by atoms with Gasteiger partial charge in [-0.3, -0.25) is 0 Å². The van der Waals surface area contributed by atoms with Crippen molar-refractivity contribution >= 4 is 17.0 Å². The van der Waals surface area contributed by atoms with Crippen molar-refractivity contribution in [3.8, 4) is 5.75 Å². The Bertz CT molecular complexity index is 580. The van der Waals surface area contributed by atoms with Gasteiger partial charge >= 0.3 is 0 Å². The Hall–Kier alpha value is -1.55. The second-order valence-electron chi connectivity index (χ2n) is 4.58. The van der Waals surface area contributed by atoms with Crippen LogP contribution in [-0.2, 0) is 0 Å². The van der Waals surface area contributed by atoms with Crippen molar-refractivity contribution in [2.75, 3.05) is 12.4 Å². The molecule has 0 amide bonds. The normalized spacial score (nSPS) is 12.3. The lowest BCUT2D eigenvalue weighted by Gasteiger charge is -2.17. The highest BCUT2D eigenvalue weighted by molar-refractivity contribution is 7.12. The van der Waals surface area contributed by atoms with Crippen molar-refractivity contribution < 1.29 is 9.13 Å². The third-order valence-corrected chi connectivity index (χ3v) is 4.06. The molecule has 1 atom stereocenters. The molecule has 2 aromatic rings. The van der Waals surface area contributed by atoms with Crippen LogP contribution in [0.3, 0.4) is 0 Å². The molecule has 0 aliphatic heterocycles. The van der Waals surface area contributed by atoms with Crippen molar-refractivity contribution in [1.29, 1.82) is 0 Å². The summed E-state index contributed by atoms with van der Waals surface area (Å²) in [6.07, 6.45) is 0. The highest BCUT2D eigenvalue weighted by Crippen LogP contribution is 2.32. The number of thiophene rings is 1. The van der Waals surface area contributed by atoms with Crippen molar-refractivity contribution in [3.63, 3.8) is 0 Å². The minimum Gasteiger partial charge on any atom is -0.494 e. The lowest BCUT2D eigenvalue weighted by molar-refractivity contribution is 0.412. The van der Waals surface area contributed by atoms with Gasteiger partial charge in [-0.1, -0.05) is 0 Å². The van der Waals surface area contributed by atoms with E-state index in [-0.39, 0.29) is 11.9 Å². The molecular formula is C15H18FNOS. The van der Waals surface area contributed by atoms with E-state index in [0.717, 1.165) is 5.69 Å². The summed E-state index contributed by atoms with van der Waals surface area (Å²) in [6.45, 7) is 6.32. The van der Waals surface area contributed by atoms with Crippen LogP contribution < -0.4 is 10.1 Å². The minimum atomic E-state index is -0.294. The van der Waals surface area contributed by atoms with E-state index in [4.69, 9.17) is 4.74 Å². The predicted octanol–water partition coefficient (Wildman–Crippen LogP) is 4.69. The minimum absolute atomic E-state index is 0.157. The summed E-state index contributed by atoms with van der Waals surface area (Å²) in [5.74, 6) is 0.231. The number of ether oxygens (including phenoxy) is 1. The molecule has 1 N–H and O–H groups in total. The molecular weight excluding hydrogens is 261 g/mol. The van der Waals surface area contributed by atoms with Gasteiger partial charge in [-0.25, -0.2) is 4.39 Å². The van der Waals surface area contributed by atoms with E-state index in [2.05, 4.69) is 32.2 Å². The molecule has 1 heterocycles. The maximum Gasteiger partial charge on any atom is 0.144 e. The maximum atomic E-state index is 13.2. The highest BCUT2D eigenvalue weighted by Gasteiger charge is 2.13. The van der Waals surface area contributed by atoms with Gasteiger partial charge in [-0.05, 0) is 44.5 Å². The molecule has 2 nitrogen and oxygen atoms in total. The molecule has 0 saturated carbocycles. The first-order chi connectivity index (χ1) is 9.01. The molecule has 0 radical (unpaired) electrons. The number of anilines is 1. The fourth-order valence-corrected chi connectivity index (χ4v) is 3.20. The largest absolute Gasteiger partial charge is 0.494 e. The summed E-state index contributed by atoms with van der Waals surface area (Å²) in [6, 6.07) is 6.88. The molecule has 102 valence electrons. The number of hydrogen-bond acceptors (Lipinski definition) is 3. The van der Waals surface area contributed by atoms with Crippen LogP contribution in [-0.4, -0.2) is 7.11 Å². The highest BCUT2D eigenvalue weighted by atomic mass is 32.1. The Morgan fingerprint density at radius 2 is 2.00 bits per heavy atom. The lowest BCUT2D eigenvalue weighted by atomic mass is 10.1. The number of aryl methyl sites for hydroxylation is 2. The van der Waals surface area contributed by atoms with Gasteiger partial charge in [-0.15, -0.1) is 11.3 Å². The molecule has 1 unspecified atom stereocenters. The molecule has 0 aliphatic rings. The van der Waals surface area contributed by atoms with Gasteiger partial charge in [-0.2, -0.15) is 0 Å². The van der Waals surface area contributed by atoms with Gasteiger partial charge in [0.2, 0.25) is 0 Å². The molecule has 0 fully saturated rings. The van der Waals surface area contributed by atoms with Gasteiger partial charge in [0.25, 0.3) is 0 Å². The molecule has 4 heteroatoms. The third kappa shape index (κ3) is 3.07. The molecule has 1 aromatic carbocycles. The van der Waals surface area contributed by atoms with E-state index in [9.17, 15) is 4.39 Å². The van der Waals surface area contributed by atoms with E-state index in [1.54, 1.807) is 24.5 Å². The van der Waals surface area contributed by atoms with Crippen molar-refractivity contribution in [3.05, 3.63) is 45.4 Å². The van der Waals surface area contributed by atoms with Crippen LogP contribution >= 0.6 is 11.3 Å². The Balaban J connectivity index is 2.23. The molecule has 0 spiro atoms. The average molecular weight is 279 g/mol. The quantitative estimate of drug-likeness (QED) is 0.877. The van der Waals surface area contributed by atoms with Crippen LogP contribution in [0.15, 0.2) is 24.3 Å². The third-order valence-electron chi connectivity index (χ3n) is 3.08. The molecule has 2 rings (SSSR count). The Labute approximate surface area is 117 Å². The zero-order chi connectivity index (χ0) is 14.0. The van der Waals surface area contributed by atoms with E-state index < -0.39 is 0 Å². The van der Waals surface area contributed by atoms with Gasteiger partial charge in [0.1, 0.15) is 11.6 Å². The van der Waals surface area contributed by atoms with E-state index >= 15 is 0 Å². The number of nitrogens with one attached hydrogen (secondary N) is 1. The van der Waals surface area contributed by atoms with Crippen LogP contribution in [0.4, 0.5) is 10.1 Å². The number of hydrogen-bond donors (Lipinski definition) is 1. The van der Waals surface area contributed by atoms with Crippen LogP contribution in [0.5, 0.6) is 5.75 Å².